The Kier molecular flexibility index (Phi) is 5.25. The molecule has 1 N–H and O–H groups in total. The minimum absolute atomic E-state index is 0.133. The molecule has 0 aliphatic heterocycles. The minimum Gasteiger partial charge on any atom is -0.488 e. The summed E-state index contributed by atoms with van der Waals surface area (Å²) in [7, 11) is 0. The number of nitrogens with zero attached hydrogens (tertiary/aromatic N) is 1. The van der Waals surface area contributed by atoms with E-state index in [-0.39, 0.29) is 18.4 Å². The molecule has 1 aromatic carbocycles. The van der Waals surface area contributed by atoms with Crippen molar-refractivity contribution in [1.29, 1.82) is 0 Å². The van der Waals surface area contributed by atoms with E-state index >= 15 is 0 Å². The number of aromatic nitrogens is 1. The number of hydrogen-bond acceptors (Lipinski definition) is 5. The lowest BCUT2D eigenvalue weighted by molar-refractivity contribution is -0.115. The fourth-order valence-electron chi connectivity index (χ4n) is 3.30. The molecule has 0 bridgehead atoms. The number of rotatable bonds is 6. The average Bonchev–Trinajstić information content (AvgIpc) is 3.40. The van der Waals surface area contributed by atoms with Gasteiger partial charge in [0.15, 0.2) is 0 Å². The van der Waals surface area contributed by atoms with Crippen LogP contribution in [0.4, 0.5) is 5.69 Å². The Bertz CT molecular complexity index is 911. The third-order valence-corrected chi connectivity index (χ3v) is 5.57. The van der Waals surface area contributed by atoms with Crippen molar-refractivity contribution in [2.75, 3.05) is 5.32 Å². The second-order valence-corrected chi connectivity index (χ2v) is 7.69. The maximum atomic E-state index is 12.6. The summed E-state index contributed by atoms with van der Waals surface area (Å²) in [5.41, 5.74) is 1.36. The van der Waals surface area contributed by atoms with Crippen molar-refractivity contribution in [3.63, 3.8) is 0 Å². The second kappa shape index (κ2) is 7.96. The number of hydrogen-bond donors (Lipinski definition) is 1. The summed E-state index contributed by atoms with van der Waals surface area (Å²) < 4.78 is 11.8. The van der Waals surface area contributed by atoms with Crippen LogP contribution in [0.15, 0.2) is 46.2 Å². The number of aryl methyl sites for hydroxylation is 1. The number of thiophene rings is 1. The maximum Gasteiger partial charge on any atom is 0.236 e. The summed E-state index contributed by atoms with van der Waals surface area (Å²) in [5, 5.41) is 4.94. The molecule has 0 saturated heterocycles. The first kappa shape index (κ1) is 17.8. The Morgan fingerprint density at radius 3 is 2.85 bits per heavy atom. The Morgan fingerprint density at radius 1 is 1.26 bits per heavy atom. The standard InChI is InChI=1S/C21H22N2O3S/c1-14-17(23-21(25-14)19-11-6-12-27-19)13-20(24)22-16-9-4-5-10-18(16)26-15-7-2-3-8-15/h4-6,9-12,15H,2-3,7-8,13H2,1H3,(H,22,24). The number of para-hydroxylation sites is 2. The average molecular weight is 382 g/mol. The number of oxazole rings is 1. The van der Waals surface area contributed by atoms with Crippen LogP contribution in [0.25, 0.3) is 10.8 Å². The van der Waals surface area contributed by atoms with E-state index in [1.807, 2.05) is 48.7 Å². The fraction of sp³-hybridized carbons (Fsp3) is 0.333. The van der Waals surface area contributed by atoms with Gasteiger partial charge in [-0.1, -0.05) is 18.2 Å². The topological polar surface area (TPSA) is 64.4 Å². The van der Waals surface area contributed by atoms with Crippen LogP contribution in [0, 0.1) is 6.92 Å². The summed E-state index contributed by atoms with van der Waals surface area (Å²) in [6.07, 6.45) is 4.97. The van der Waals surface area contributed by atoms with Gasteiger partial charge in [-0.2, -0.15) is 0 Å². The van der Waals surface area contributed by atoms with Crippen LogP contribution >= 0.6 is 11.3 Å². The molecule has 0 radical (unpaired) electrons. The molecule has 1 fully saturated rings. The molecule has 3 aromatic rings. The minimum atomic E-state index is -0.133. The Labute approximate surface area is 162 Å². The van der Waals surface area contributed by atoms with E-state index in [0.29, 0.717) is 23.0 Å². The number of carbonyl (C=O) groups is 1. The van der Waals surface area contributed by atoms with Crippen LogP contribution in [0.3, 0.4) is 0 Å². The molecule has 5 nitrogen and oxygen atoms in total. The fourth-order valence-corrected chi connectivity index (χ4v) is 3.95. The number of anilines is 1. The summed E-state index contributed by atoms with van der Waals surface area (Å²) in [6, 6.07) is 11.5. The van der Waals surface area contributed by atoms with Crippen LogP contribution in [0.5, 0.6) is 5.75 Å². The van der Waals surface area contributed by atoms with Gasteiger partial charge in [-0.05, 0) is 56.2 Å². The highest BCUT2D eigenvalue weighted by atomic mass is 32.1. The van der Waals surface area contributed by atoms with E-state index in [1.54, 1.807) is 11.3 Å². The van der Waals surface area contributed by atoms with Gasteiger partial charge in [-0.3, -0.25) is 4.79 Å². The first-order valence-electron chi connectivity index (χ1n) is 9.25. The van der Waals surface area contributed by atoms with E-state index in [2.05, 4.69) is 10.3 Å². The van der Waals surface area contributed by atoms with Crippen molar-refractivity contribution in [3.05, 3.63) is 53.2 Å². The number of nitrogens with one attached hydrogen (secondary N) is 1. The van der Waals surface area contributed by atoms with Crippen LogP contribution in [0.2, 0.25) is 0 Å². The number of carbonyl (C=O) groups excluding carboxylic acids is 1. The normalized spacial score (nSPS) is 14.4. The van der Waals surface area contributed by atoms with Crippen molar-refractivity contribution in [1.82, 2.24) is 4.98 Å². The monoisotopic (exact) mass is 382 g/mol. The third-order valence-electron chi connectivity index (χ3n) is 4.71. The molecule has 1 aliphatic carbocycles. The zero-order chi connectivity index (χ0) is 18.6. The lowest BCUT2D eigenvalue weighted by atomic mass is 10.2. The molecule has 4 rings (SSSR count). The summed E-state index contributed by atoms with van der Waals surface area (Å²) in [4.78, 5) is 18.0. The third kappa shape index (κ3) is 4.22. The smallest absolute Gasteiger partial charge is 0.236 e. The van der Waals surface area contributed by atoms with Crippen LogP contribution in [-0.4, -0.2) is 17.0 Å². The number of ether oxygens (including phenoxy) is 1. The van der Waals surface area contributed by atoms with Gasteiger partial charge in [0.05, 0.1) is 28.8 Å². The zero-order valence-corrected chi connectivity index (χ0v) is 16.1. The lowest BCUT2D eigenvalue weighted by Crippen LogP contribution is -2.17. The lowest BCUT2D eigenvalue weighted by Gasteiger charge is -2.16. The van der Waals surface area contributed by atoms with Gasteiger partial charge in [-0.25, -0.2) is 4.98 Å². The molecule has 1 amide bonds. The molecule has 1 saturated carbocycles. The van der Waals surface area contributed by atoms with Crippen LogP contribution in [-0.2, 0) is 11.2 Å². The molecule has 2 heterocycles. The van der Waals surface area contributed by atoms with E-state index in [4.69, 9.17) is 9.15 Å². The van der Waals surface area contributed by atoms with Crippen molar-refractivity contribution >= 4 is 22.9 Å². The van der Waals surface area contributed by atoms with Gasteiger partial charge in [0.25, 0.3) is 0 Å². The molecule has 0 unspecified atom stereocenters. The Hall–Kier alpha value is -2.60. The van der Waals surface area contributed by atoms with E-state index in [9.17, 15) is 4.79 Å². The van der Waals surface area contributed by atoms with Crippen molar-refractivity contribution in [3.8, 4) is 16.5 Å². The van der Waals surface area contributed by atoms with Crippen LogP contribution in [0.1, 0.15) is 37.1 Å². The van der Waals surface area contributed by atoms with Crippen molar-refractivity contribution in [2.24, 2.45) is 0 Å². The molecular formula is C21H22N2O3S. The quantitative estimate of drug-likeness (QED) is 0.635. The summed E-state index contributed by atoms with van der Waals surface area (Å²) in [5.74, 6) is 1.83. The molecule has 27 heavy (non-hydrogen) atoms. The molecule has 6 heteroatoms. The Morgan fingerprint density at radius 2 is 2.07 bits per heavy atom. The van der Waals surface area contributed by atoms with E-state index in [1.165, 1.54) is 12.8 Å². The van der Waals surface area contributed by atoms with Crippen molar-refractivity contribution in [2.45, 2.75) is 45.1 Å². The van der Waals surface area contributed by atoms with E-state index < -0.39 is 0 Å². The number of amides is 1. The highest BCUT2D eigenvalue weighted by molar-refractivity contribution is 7.13. The summed E-state index contributed by atoms with van der Waals surface area (Å²) in [6.45, 7) is 1.84. The van der Waals surface area contributed by atoms with Gasteiger partial charge in [0, 0.05) is 0 Å². The Balaban J connectivity index is 1.44. The van der Waals surface area contributed by atoms with Crippen LogP contribution < -0.4 is 10.1 Å². The van der Waals surface area contributed by atoms with Gasteiger partial charge in [-0.15, -0.1) is 11.3 Å². The summed E-state index contributed by atoms with van der Waals surface area (Å²) >= 11 is 1.56. The first-order valence-corrected chi connectivity index (χ1v) is 10.1. The van der Waals surface area contributed by atoms with Gasteiger partial charge in [0.2, 0.25) is 11.8 Å². The maximum absolute atomic E-state index is 12.6. The predicted molar refractivity (Wildman–Crippen MR) is 106 cm³/mol. The van der Waals surface area contributed by atoms with Gasteiger partial charge in [0.1, 0.15) is 11.5 Å². The largest absolute Gasteiger partial charge is 0.488 e. The number of benzene rings is 1. The highest BCUT2D eigenvalue weighted by Crippen LogP contribution is 2.30. The molecule has 0 spiro atoms. The zero-order valence-electron chi connectivity index (χ0n) is 15.2. The predicted octanol–water partition coefficient (Wildman–Crippen LogP) is 5.21. The second-order valence-electron chi connectivity index (χ2n) is 6.74. The van der Waals surface area contributed by atoms with Crippen molar-refractivity contribution < 1.29 is 13.9 Å². The first-order chi connectivity index (χ1) is 13.2. The van der Waals surface area contributed by atoms with Gasteiger partial charge < -0.3 is 14.5 Å². The highest BCUT2D eigenvalue weighted by Gasteiger charge is 2.19. The van der Waals surface area contributed by atoms with E-state index in [0.717, 1.165) is 23.5 Å². The molecule has 2 aromatic heterocycles. The molecule has 1 aliphatic rings. The van der Waals surface area contributed by atoms with Gasteiger partial charge >= 0.3 is 0 Å². The molecule has 0 atom stereocenters. The molecular weight excluding hydrogens is 360 g/mol. The molecule has 140 valence electrons. The SMILES string of the molecule is Cc1oc(-c2cccs2)nc1CC(=O)Nc1ccccc1OC1CCCC1.